The second-order valence-electron chi connectivity index (χ2n) is 4.57. The lowest BCUT2D eigenvalue weighted by Gasteiger charge is -2.13. The molecule has 0 fully saturated rings. The van der Waals surface area contributed by atoms with E-state index in [0.717, 1.165) is 15.6 Å². The molecular weight excluding hydrogens is 400 g/mol. The highest BCUT2D eigenvalue weighted by Crippen LogP contribution is 2.33. The van der Waals surface area contributed by atoms with Crippen LogP contribution in [-0.4, -0.2) is 11.0 Å². The molecule has 2 rings (SSSR count). The first-order chi connectivity index (χ1) is 9.93. The van der Waals surface area contributed by atoms with Gasteiger partial charge in [0, 0.05) is 8.95 Å². The van der Waals surface area contributed by atoms with Crippen LogP contribution in [0.4, 0.5) is 0 Å². The standard InChI is InChI=1S/C15H14Br2N2O2/c1-8-6-10(7-9(2)14(8)17)21-12-5-3-4-11(16)13(12)15(18)19-20/h3-7,20H,1-2H3,(H2,18,19). The molecule has 0 unspecified atom stereocenters. The molecule has 0 aromatic heterocycles. The first-order valence-corrected chi connectivity index (χ1v) is 7.73. The summed E-state index contributed by atoms with van der Waals surface area (Å²) in [5, 5.41) is 12.0. The highest BCUT2D eigenvalue weighted by atomic mass is 79.9. The van der Waals surface area contributed by atoms with E-state index in [9.17, 15) is 0 Å². The van der Waals surface area contributed by atoms with E-state index >= 15 is 0 Å². The Morgan fingerprint density at radius 3 is 2.38 bits per heavy atom. The quantitative estimate of drug-likeness (QED) is 0.331. The minimum Gasteiger partial charge on any atom is -0.457 e. The third kappa shape index (κ3) is 3.39. The third-order valence-electron chi connectivity index (χ3n) is 2.98. The number of hydrogen-bond donors (Lipinski definition) is 2. The van der Waals surface area contributed by atoms with E-state index < -0.39 is 0 Å². The van der Waals surface area contributed by atoms with Gasteiger partial charge in [-0.05, 0) is 65.2 Å². The first-order valence-electron chi connectivity index (χ1n) is 6.15. The van der Waals surface area contributed by atoms with E-state index in [1.54, 1.807) is 12.1 Å². The van der Waals surface area contributed by atoms with Crippen molar-refractivity contribution in [1.82, 2.24) is 0 Å². The van der Waals surface area contributed by atoms with Gasteiger partial charge in [0.2, 0.25) is 0 Å². The van der Waals surface area contributed by atoms with Crippen molar-refractivity contribution < 1.29 is 9.94 Å². The highest BCUT2D eigenvalue weighted by Gasteiger charge is 2.14. The summed E-state index contributed by atoms with van der Waals surface area (Å²) < 4.78 is 7.66. The summed E-state index contributed by atoms with van der Waals surface area (Å²) in [5.74, 6) is 1.20. The van der Waals surface area contributed by atoms with Crippen molar-refractivity contribution in [2.24, 2.45) is 10.9 Å². The van der Waals surface area contributed by atoms with Crippen LogP contribution in [0.2, 0.25) is 0 Å². The minimum absolute atomic E-state index is 0.0111. The Labute approximate surface area is 139 Å². The van der Waals surface area contributed by atoms with Crippen LogP contribution >= 0.6 is 31.9 Å². The molecule has 0 heterocycles. The third-order valence-corrected chi connectivity index (χ3v) is 4.89. The van der Waals surface area contributed by atoms with Crippen molar-refractivity contribution in [3.8, 4) is 11.5 Å². The molecule has 2 aromatic rings. The lowest BCUT2D eigenvalue weighted by molar-refractivity contribution is 0.318. The number of benzene rings is 2. The maximum absolute atomic E-state index is 8.91. The fraction of sp³-hybridized carbons (Fsp3) is 0.133. The second-order valence-corrected chi connectivity index (χ2v) is 6.22. The molecule has 0 saturated carbocycles. The summed E-state index contributed by atoms with van der Waals surface area (Å²) in [7, 11) is 0. The molecule has 4 nitrogen and oxygen atoms in total. The molecule has 0 bridgehead atoms. The van der Waals surface area contributed by atoms with Crippen LogP contribution in [0.15, 0.2) is 44.4 Å². The largest absolute Gasteiger partial charge is 0.457 e. The van der Waals surface area contributed by atoms with Gasteiger partial charge in [-0.15, -0.1) is 0 Å². The van der Waals surface area contributed by atoms with Gasteiger partial charge >= 0.3 is 0 Å². The number of amidine groups is 1. The van der Waals surface area contributed by atoms with Gasteiger partial charge in [0.15, 0.2) is 5.84 Å². The van der Waals surface area contributed by atoms with Crippen molar-refractivity contribution in [2.45, 2.75) is 13.8 Å². The molecule has 21 heavy (non-hydrogen) atoms. The summed E-state index contributed by atoms with van der Waals surface area (Å²) in [5.41, 5.74) is 8.38. The zero-order valence-corrected chi connectivity index (χ0v) is 14.7. The predicted octanol–water partition coefficient (Wildman–Crippen LogP) is 4.72. The molecule has 0 saturated heterocycles. The molecule has 0 aliphatic rings. The van der Waals surface area contributed by atoms with Crippen molar-refractivity contribution >= 4 is 37.7 Å². The average molecular weight is 414 g/mol. The van der Waals surface area contributed by atoms with E-state index in [0.29, 0.717) is 21.5 Å². The Kier molecular flexibility index (Phi) is 4.90. The Morgan fingerprint density at radius 2 is 1.81 bits per heavy atom. The normalized spacial score (nSPS) is 11.5. The number of aryl methyl sites for hydroxylation is 2. The number of nitrogens with zero attached hydrogens (tertiary/aromatic N) is 1. The Balaban J connectivity index is 2.48. The monoisotopic (exact) mass is 412 g/mol. The predicted molar refractivity (Wildman–Crippen MR) is 90.3 cm³/mol. The summed E-state index contributed by atoms with van der Waals surface area (Å²) in [6.07, 6.45) is 0. The van der Waals surface area contributed by atoms with Gasteiger partial charge in [-0.25, -0.2) is 0 Å². The number of halogens is 2. The van der Waals surface area contributed by atoms with Crippen molar-refractivity contribution in [3.05, 3.63) is 56.0 Å². The SMILES string of the molecule is Cc1cc(Oc2cccc(Br)c2/C(N)=N/O)cc(C)c1Br. The zero-order valence-electron chi connectivity index (χ0n) is 11.5. The van der Waals surface area contributed by atoms with Crippen LogP contribution < -0.4 is 10.5 Å². The summed E-state index contributed by atoms with van der Waals surface area (Å²) in [6.45, 7) is 3.99. The fourth-order valence-electron chi connectivity index (χ4n) is 1.98. The number of oxime groups is 1. The summed E-state index contributed by atoms with van der Waals surface area (Å²) in [4.78, 5) is 0. The molecular formula is C15H14Br2N2O2. The van der Waals surface area contributed by atoms with Crippen molar-refractivity contribution in [3.63, 3.8) is 0 Å². The van der Waals surface area contributed by atoms with Crippen molar-refractivity contribution in [1.29, 1.82) is 0 Å². The molecule has 0 aliphatic heterocycles. The molecule has 0 amide bonds. The van der Waals surface area contributed by atoms with Crippen LogP contribution in [-0.2, 0) is 0 Å². The van der Waals surface area contributed by atoms with E-state index in [1.165, 1.54) is 0 Å². The smallest absolute Gasteiger partial charge is 0.175 e. The Morgan fingerprint density at radius 1 is 1.19 bits per heavy atom. The van der Waals surface area contributed by atoms with Gasteiger partial charge in [-0.1, -0.05) is 27.2 Å². The molecule has 0 aliphatic carbocycles. The Bertz CT molecular complexity index is 692. The van der Waals surface area contributed by atoms with Crippen molar-refractivity contribution in [2.75, 3.05) is 0 Å². The molecule has 6 heteroatoms. The van der Waals surface area contributed by atoms with Crippen LogP contribution in [0, 0.1) is 13.8 Å². The van der Waals surface area contributed by atoms with E-state index in [1.807, 2.05) is 32.0 Å². The molecule has 3 N–H and O–H groups in total. The molecule has 0 radical (unpaired) electrons. The highest BCUT2D eigenvalue weighted by molar-refractivity contribution is 9.10. The van der Waals surface area contributed by atoms with Gasteiger partial charge in [0.1, 0.15) is 11.5 Å². The minimum atomic E-state index is -0.0111. The number of ether oxygens (including phenoxy) is 1. The van der Waals surface area contributed by atoms with Gasteiger partial charge in [-0.3, -0.25) is 0 Å². The van der Waals surface area contributed by atoms with E-state index in [-0.39, 0.29) is 5.84 Å². The van der Waals surface area contributed by atoms with Crippen LogP contribution in [0.25, 0.3) is 0 Å². The van der Waals surface area contributed by atoms with Crippen LogP contribution in [0.3, 0.4) is 0 Å². The molecule has 0 atom stereocenters. The van der Waals surface area contributed by atoms with Crippen LogP contribution in [0.5, 0.6) is 11.5 Å². The lowest BCUT2D eigenvalue weighted by atomic mass is 10.1. The lowest BCUT2D eigenvalue weighted by Crippen LogP contribution is -2.15. The van der Waals surface area contributed by atoms with E-state index in [2.05, 4.69) is 37.0 Å². The second kappa shape index (κ2) is 6.49. The number of hydrogen-bond acceptors (Lipinski definition) is 3. The van der Waals surface area contributed by atoms with E-state index in [4.69, 9.17) is 15.7 Å². The zero-order chi connectivity index (χ0) is 15.6. The fourth-order valence-corrected chi connectivity index (χ4v) is 2.76. The van der Waals surface area contributed by atoms with Crippen LogP contribution in [0.1, 0.15) is 16.7 Å². The van der Waals surface area contributed by atoms with Gasteiger partial charge in [-0.2, -0.15) is 0 Å². The van der Waals surface area contributed by atoms with Gasteiger partial charge < -0.3 is 15.7 Å². The first kappa shape index (κ1) is 15.9. The molecule has 2 aromatic carbocycles. The number of nitrogens with two attached hydrogens (primary N) is 1. The maximum Gasteiger partial charge on any atom is 0.175 e. The maximum atomic E-state index is 8.91. The summed E-state index contributed by atoms with van der Waals surface area (Å²) >= 11 is 6.91. The Hall–Kier alpha value is -1.53. The average Bonchev–Trinajstić information content (AvgIpc) is 2.44. The summed E-state index contributed by atoms with van der Waals surface area (Å²) in [6, 6.07) is 9.25. The molecule has 0 spiro atoms. The number of rotatable bonds is 3. The van der Waals surface area contributed by atoms with Gasteiger partial charge in [0.05, 0.1) is 5.56 Å². The molecule has 110 valence electrons. The van der Waals surface area contributed by atoms with Gasteiger partial charge in [0.25, 0.3) is 0 Å². The topological polar surface area (TPSA) is 67.8 Å².